The summed E-state index contributed by atoms with van der Waals surface area (Å²) in [5.74, 6) is -1.18. The molecule has 20 heavy (non-hydrogen) atoms. The van der Waals surface area contributed by atoms with Gasteiger partial charge in [-0.2, -0.15) is 0 Å². The maximum Gasteiger partial charge on any atom is 0.335 e. The van der Waals surface area contributed by atoms with Crippen LogP contribution >= 0.6 is 0 Å². The minimum Gasteiger partial charge on any atom is -0.478 e. The highest BCUT2D eigenvalue weighted by atomic mass is 16.5. The van der Waals surface area contributed by atoms with Gasteiger partial charge in [-0.3, -0.25) is 4.79 Å². The molecule has 0 bridgehead atoms. The number of nitrogens with two attached hydrogens (primary N) is 1. The van der Waals surface area contributed by atoms with Gasteiger partial charge in [-0.25, -0.2) is 4.79 Å². The molecule has 1 fully saturated rings. The van der Waals surface area contributed by atoms with E-state index in [2.05, 4.69) is 5.32 Å². The Bertz CT molecular complexity index is 510. The maximum atomic E-state index is 11.9. The Balaban J connectivity index is 1.85. The van der Waals surface area contributed by atoms with E-state index in [0.717, 1.165) is 5.56 Å². The van der Waals surface area contributed by atoms with Crippen LogP contribution in [0.4, 0.5) is 0 Å². The summed E-state index contributed by atoms with van der Waals surface area (Å²) in [4.78, 5) is 22.8. The van der Waals surface area contributed by atoms with Crippen molar-refractivity contribution in [1.29, 1.82) is 0 Å². The molecule has 1 aliphatic heterocycles. The standard InChI is InChI=1S/C14H18N2O4/c15-14(5-7-20-9-14)13(19)16-6-4-10-2-1-3-11(8-10)12(17)18/h1-3,8H,4-7,9,15H2,(H,16,19)(H,17,18). The van der Waals surface area contributed by atoms with Crippen LogP contribution in [0.25, 0.3) is 0 Å². The van der Waals surface area contributed by atoms with E-state index in [1.807, 2.05) is 6.07 Å². The fraction of sp³-hybridized carbons (Fsp3) is 0.429. The van der Waals surface area contributed by atoms with Crippen molar-refractivity contribution in [2.45, 2.75) is 18.4 Å². The van der Waals surface area contributed by atoms with E-state index in [1.54, 1.807) is 12.1 Å². The molecular weight excluding hydrogens is 260 g/mol. The molecular formula is C14H18N2O4. The number of hydrogen-bond donors (Lipinski definition) is 3. The van der Waals surface area contributed by atoms with Gasteiger partial charge in [0, 0.05) is 13.2 Å². The number of carboxylic acid groups (broad SMARTS) is 1. The Labute approximate surface area is 116 Å². The van der Waals surface area contributed by atoms with Gasteiger partial charge in [0.15, 0.2) is 0 Å². The molecule has 1 aromatic carbocycles. The molecule has 0 saturated carbocycles. The lowest BCUT2D eigenvalue weighted by Gasteiger charge is -2.20. The van der Waals surface area contributed by atoms with Crippen LogP contribution in [0.15, 0.2) is 24.3 Å². The van der Waals surface area contributed by atoms with E-state index in [0.29, 0.717) is 26.0 Å². The number of benzene rings is 1. The van der Waals surface area contributed by atoms with E-state index < -0.39 is 11.5 Å². The highest BCUT2D eigenvalue weighted by molar-refractivity contribution is 5.88. The van der Waals surface area contributed by atoms with Gasteiger partial charge >= 0.3 is 5.97 Å². The summed E-state index contributed by atoms with van der Waals surface area (Å²) in [7, 11) is 0. The van der Waals surface area contributed by atoms with Crippen LogP contribution < -0.4 is 11.1 Å². The molecule has 1 aliphatic rings. The molecule has 0 radical (unpaired) electrons. The Morgan fingerprint density at radius 3 is 2.90 bits per heavy atom. The van der Waals surface area contributed by atoms with Gasteiger partial charge in [0.05, 0.1) is 12.2 Å². The van der Waals surface area contributed by atoms with Crippen molar-refractivity contribution in [3.8, 4) is 0 Å². The smallest absolute Gasteiger partial charge is 0.335 e. The number of carbonyl (C=O) groups excluding carboxylic acids is 1. The fourth-order valence-electron chi connectivity index (χ4n) is 2.12. The molecule has 1 atom stereocenters. The zero-order chi connectivity index (χ0) is 14.6. The van der Waals surface area contributed by atoms with Gasteiger partial charge in [0.2, 0.25) is 5.91 Å². The Kier molecular flexibility index (Phi) is 4.36. The third kappa shape index (κ3) is 3.34. The van der Waals surface area contributed by atoms with Gasteiger partial charge in [0.1, 0.15) is 5.54 Å². The number of nitrogens with one attached hydrogen (secondary N) is 1. The monoisotopic (exact) mass is 278 g/mol. The zero-order valence-electron chi connectivity index (χ0n) is 11.1. The van der Waals surface area contributed by atoms with Crippen LogP contribution in [0.2, 0.25) is 0 Å². The van der Waals surface area contributed by atoms with Crippen LogP contribution in [0, 0.1) is 0 Å². The van der Waals surface area contributed by atoms with E-state index in [-0.39, 0.29) is 18.1 Å². The first-order valence-corrected chi connectivity index (χ1v) is 6.48. The summed E-state index contributed by atoms with van der Waals surface area (Å²) >= 11 is 0. The second kappa shape index (κ2) is 6.02. The fourth-order valence-corrected chi connectivity index (χ4v) is 2.12. The second-order valence-electron chi connectivity index (χ2n) is 4.97. The summed E-state index contributed by atoms with van der Waals surface area (Å²) < 4.78 is 5.14. The molecule has 6 heteroatoms. The molecule has 1 amide bonds. The zero-order valence-corrected chi connectivity index (χ0v) is 11.1. The van der Waals surface area contributed by atoms with Gasteiger partial charge in [-0.1, -0.05) is 12.1 Å². The van der Waals surface area contributed by atoms with E-state index >= 15 is 0 Å². The average Bonchev–Trinajstić information content (AvgIpc) is 2.87. The van der Waals surface area contributed by atoms with E-state index in [1.165, 1.54) is 6.07 Å². The van der Waals surface area contributed by atoms with E-state index in [9.17, 15) is 9.59 Å². The molecule has 1 unspecified atom stereocenters. The Morgan fingerprint density at radius 1 is 1.45 bits per heavy atom. The van der Waals surface area contributed by atoms with E-state index in [4.69, 9.17) is 15.6 Å². The topological polar surface area (TPSA) is 102 Å². The van der Waals surface area contributed by atoms with Crippen molar-refractivity contribution in [2.75, 3.05) is 19.8 Å². The van der Waals surface area contributed by atoms with Crippen LogP contribution in [-0.2, 0) is 16.0 Å². The first kappa shape index (κ1) is 14.5. The van der Waals surface area contributed by atoms with Crippen molar-refractivity contribution in [1.82, 2.24) is 5.32 Å². The first-order chi connectivity index (χ1) is 9.51. The number of rotatable bonds is 5. The lowest BCUT2D eigenvalue weighted by atomic mass is 9.99. The molecule has 0 aromatic heterocycles. The number of carbonyl (C=O) groups is 2. The lowest BCUT2D eigenvalue weighted by molar-refractivity contribution is -0.126. The van der Waals surface area contributed by atoms with Crippen molar-refractivity contribution < 1.29 is 19.4 Å². The summed E-state index contributed by atoms with van der Waals surface area (Å²) in [5.41, 5.74) is 6.11. The van der Waals surface area contributed by atoms with Gasteiger partial charge in [0.25, 0.3) is 0 Å². The van der Waals surface area contributed by atoms with Crippen LogP contribution in [-0.4, -0.2) is 42.3 Å². The summed E-state index contributed by atoms with van der Waals surface area (Å²) in [6.45, 7) is 1.17. The SMILES string of the molecule is NC1(C(=O)NCCc2cccc(C(=O)O)c2)CCOC1. The number of ether oxygens (including phenoxy) is 1. The van der Waals surface area contributed by atoms with Crippen LogP contribution in [0.5, 0.6) is 0 Å². The minimum absolute atomic E-state index is 0.218. The third-order valence-corrected chi connectivity index (χ3v) is 3.38. The molecule has 4 N–H and O–H groups in total. The molecule has 108 valence electrons. The average molecular weight is 278 g/mol. The van der Waals surface area contributed by atoms with Gasteiger partial charge in [-0.05, 0) is 30.5 Å². The van der Waals surface area contributed by atoms with Gasteiger partial charge < -0.3 is 20.9 Å². The van der Waals surface area contributed by atoms with Crippen molar-refractivity contribution >= 4 is 11.9 Å². The third-order valence-electron chi connectivity index (χ3n) is 3.38. The summed E-state index contributed by atoms with van der Waals surface area (Å²) in [6.07, 6.45) is 1.08. The van der Waals surface area contributed by atoms with Crippen molar-refractivity contribution in [2.24, 2.45) is 5.73 Å². The number of carboxylic acids is 1. The number of aromatic carboxylic acids is 1. The van der Waals surface area contributed by atoms with Gasteiger partial charge in [-0.15, -0.1) is 0 Å². The highest BCUT2D eigenvalue weighted by Crippen LogP contribution is 2.15. The first-order valence-electron chi connectivity index (χ1n) is 6.48. The second-order valence-corrected chi connectivity index (χ2v) is 4.97. The molecule has 6 nitrogen and oxygen atoms in total. The van der Waals surface area contributed by atoms with Crippen molar-refractivity contribution in [3.63, 3.8) is 0 Å². The highest BCUT2D eigenvalue weighted by Gasteiger charge is 2.37. The quantitative estimate of drug-likeness (QED) is 0.712. The number of amides is 1. The molecule has 1 aromatic rings. The normalized spacial score (nSPS) is 21.6. The lowest BCUT2D eigenvalue weighted by Crippen LogP contribution is -2.54. The minimum atomic E-state index is -0.958. The molecule has 1 saturated heterocycles. The predicted octanol–water partition coefficient (Wildman–Crippen LogP) is 0.161. The Hall–Kier alpha value is -1.92. The largest absolute Gasteiger partial charge is 0.478 e. The molecule has 1 heterocycles. The predicted molar refractivity (Wildman–Crippen MR) is 72.5 cm³/mol. The molecule has 2 rings (SSSR count). The van der Waals surface area contributed by atoms with Crippen molar-refractivity contribution in [3.05, 3.63) is 35.4 Å². The summed E-state index contributed by atoms with van der Waals surface area (Å²) in [6, 6.07) is 6.66. The molecule has 0 spiro atoms. The van der Waals surface area contributed by atoms with Crippen LogP contribution in [0.3, 0.4) is 0 Å². The number of hydrogen-bond acceptors (Lipinski definition) is 4. The molecule has 0 aliphatic carbocycles. The summed E-state index contributed by atoms with van der Waals surface area (Å²) in [5, 5.41) is 11.7. The maximum absolute atomic E-state index is 11.9. The Morgan fingerprint density at radius 2 is 2.25 bits per heavy atom. The van der Waals surface area contributed by atoms with Crippen LogP contribution in [0.1, 0.15) is 22.3 Å².